The van der Waals surface area contributed by atoms with Crippen LogP contribution in [0.2, 0.25) is 0 Å². The Labute approximate surface area is 230 Å². The largest absolute Gasteiger partial charge is 0.0616 e. The summed E-state index contributed by atoms with van der Waals surface area (Å²) < 4.78 is 0. The van der Waals surface area contributed by atoms with E-state index in [1.54, 1.807) is 0 Å². The molecule has 0 aliphatic rings. The minimum Gasteiger partial charge on any atom is -0.0616 e. The molecule has 0 bridgehead atoms. The molecule has 10 rings (SSSR count). The van der Waals surface area contributed by atoms with Gasteiger partial charge in [-0.15, -0.1) is 0 Å². The predicted octanol–water partition coefficient (Wildman–Crippen LogP) is 11.5. The molecule has 0 saturated carbocycles. The van der Waals surface area contributed by atoms with E-state index in [2.05, 4.69) is 133 Å². The van der Waals surface area contributed by atoms with Crippen LogP contribution >= 0.6 is 0 Å². The summed E-state index contributed by atoms with van der Waals surface area (Å²) in [5.74, 6) is 0. The Morgan fingerprint density at radius 2 is 0.475 bits per heavy atom. The van der Waals surface area contributed by atoms with Crippen LogP contribution in [0.15, 0.2) is 133 Å². The zero-order valence-electron chi connectivity index (χ0n) is 21.7. The van der Waals surface area contributed by atoms with Crippen molar-refractivity contribution in [2.45, 2.75) is 0 Å². The van der Waals surface area contributed by atoms with Crippen molar-refractivity contribution in [3.05, 3.63) is 133 Å². The molecular weight excluding hydrogens is 480 g/mol. The lowest BCUT2D eigenvalue weighted by atomic mass is 9.84. The van der Waals surface area contributed by atoms with Crippen molar-refractivity contribution in [3.8, 4) is 0 Å². The van der Waals surface area contributed by atoms with Gasteiger partial charge in [-0.25, -0.2) is 0 Å². The molecule has 182 valence electrons. The van der Waals surface area contributed by atoms with Crippen LogP contribution in [0.1, 0.15) is 0 Å². The quantitative estimate of drug-likeness (QED) is 0.143. The zero-order valence-corrected chi connectivity index (χ0v) is 21.7. The Hall–Kier alpha value is -5.20. The van der Waals surface area contributed by atoms with E-state index in [0.717, 1.165) is 0 Å². The van der Waals surface area contributed by atoms with Crippen molar-refractivity contribution in [3.63, 3.8) is 0 Å². The fourth-order valence-electron chi connectivity index (χ4n) is 7.42. The highest BCUT2D eigenvalue weighted by molar-refractivity contribution is 6.41. The van der Waals surface area contributed by atoms with Crippen molar-refractivity contribution in [2.75, 3.05) is 0 Å². The predicted molar refractivity (Wildman–Crippen MR) is 175 cm³/mol. The first-order valence-corrected chi connectivity index (χ1v) is 14.0. The van der Waals surface area contributed by atoms with E-state index in [0.29, 0.717) is 0 Å². The molecule has 0 saturated heterocycles. The Kier molecular flexibility index (Phi) is 3.76. The summed E-state index contributed by atoms with van der Waals surface area (Å²) in [7, 11) is 0. The minimum absolute atomic E-state index is 1.29. The van der Waals surface area contributed by atoms with E-state index in [1.807, 2.05) is 0 Å². The van der Waals surface area contributed by atoms with Crippen molar-refractivity contribution in [2.24, 2.45) is 0 Å². The Bertz CT molecular complexity index is 2330. The summed E-state index contributed by atoms with van der Waals surface area (Å²) in [6.45, 7) is 0. The second-order valence-corrected chi connectivity index (χ2v) is 11.3. The maximum atomic E-state index is 2.42. The van der Waals surface area contributed by atoms with Gasteiger partial charge >= 0.3 is 0 Å². The molecule has 0 N–H and O–H groups in total. The second-order valence-electron chi connectivity index (χ2n) is 11.3. The van der Waals surface area contributed by atoms with Crippen LogP contribution in [0.25, 0.3) is 97.0 Å². The third-order valence-corrected chi connectivity index (χ3v) is 9.22. The van der Waals surface area contributed by atoms with Crippen molar-refractivity contribution in [1.29, 1.82) is 0 Å². The molecule has 0 aliphatic heterocycles. The lowest BCUT2D eigenvalue weighted by Crippen LogP contribution is -1.90. The van der Waals surface area contributed by atoms with Gasteiger partial charge in [-0.05, 0) is 145 Å². The molecule has 40 heavy (non-hydrogen) atoms. The average Bonchev–Trinajstić information content (AvgIpc) is 3.00. The SMILES string of the molecule is c1ccc2cc3cc4c(cc3cc2c1)c1cccc2c3cc5cc6ccccc6cc5cc3c3cccc4c3c12. The van der Waals surface area contributed by atoms with Gasteiger partial charge in [0.1, 0.15) is 0 Å². The van der Waals surface area contributed by atoms with E-state index < -0.39 is 0 Å². The lowest BCUT2D eigenvalue weighted by molar-refractivity contribution is 1.79. The number of rotatable bonds is 0. The third kappa shape index (κ3) is 2.61. The maximum Gasteiger partial charge on any atom is -0.00139 e. The van der Waals surface area contributed by atoms with Crippen LogP contribution in [-0.4, -0.2) is 0 Å². The smallest absolute Gasteiger partial charge is 0.00139 e. The maximum absolute atomic E-state index is 2.42. The standard InChI is InChI=1S/C40H22/c1-2-8-24-16-28-20-36-32-12-6-14-34-38-22-30-18-26-10-4-3-9-25(26)17-29(30)21-37(38)33-13-5-11-31(39(33)40(32)34)35(36)19-27(28)15-23(24)7-1/h1-22H. The molecule has 0 nitrogen and oxygen atoms in total. The highest BCUT2D eigenvalue weighted by atomic mass is 14.2. The molecule has 0 aliphatic carbocycles. The van der Waals surface area contributed by atoms with Gasteiger partial charge in [-0.2, -0.15) is 0 Å². The van der Waals surface area contributed by atoms with Crippen molar-refractivity contribution >= 4 is 97.0 Å². The van der Waals surface area contributed by atoms with Crippen LogP contribution < -0.4 is 0 Å². The molecule has 0 heteroatoms. The first-order valence-electron chi connectivity index (χ1n) is 14.0. The Balaban J connectivity index is 1.44. The summed E-state index contributed by atoms with van der Waals surface area (Å²) in [5.41, 5.74) is 0. The number of hydrogen-bond acceptors (Lipinski definition) is 0. The van der Waals surface area contributed by atoms with Crippen LogP contribution in [-0.2, 0) is 0 Å². The molecule has 0 radical (unpaired) electrons. The van der Waals surface area contributed by atoms with E-state index in [4.69, 9.17) is 0 Å². The number of benzene rings is 10. The molecule has 0 atom stereocenters. The zero-order chi connectivity index (χ0) is 25.9. The molecule has 10 aromatic carbocycles. The fourth-order valence-corrected chi connectivity index (χ4v) is 7.42. The van der Waals surface area contributed by atoms with Gasteiger partial charge in [0.05, 0.1) is 0 Å². The number of hydrogen-bond donors (Lipinski definition) is 0. The molecule has 0 unspecified atom stereocenters. The van der Waals surface area contributed by atoms with Gasteiger partial charge in [0, 0.05) is 0 Å². The Morgan fingerprint density at radius 1 is 0.200 bits per heavy atom. The average molecular weight is 503 g/mol. The molecule has 0 amide bonds. The first-order chi connectivity index (χ1) is 19.8. The van der Waals surface area contributed by atoms with Crippen LogP contribution in [0, 0.1) is 0 Å². The van der Waals surface area contributed by atoms with Crippen LogP contribution in [0.5, 0.6) is 0 Å². The fraction of sp³-hybridized carbons (Fsp3) is 0. The van der Waals surface area contributed by atoms with Crippen molar-refractivity contribution in [1.82, 2.24) is 0 Å². The normalized spacial score (nSPS) is 12.5. The monoisotopic (exact) mass is 502 g/mol. The summed E-state index contributed by atoms with van der Waals surface area (Å²) in [6, 6.07) is 50.2. The third-order valence-electron chi connectivity index (χ3n) is 9.22. The second kappa shape index (κ2) is 7.25. The topological polar surface area (TPSA) is 0 Å². The van der Waals surface area contributed by atoms with Crippen LogP contribution in [0.4, 0.5) is 0 Å². The summed E-state index contributed by atoms with van der Waals surface area (Å²) >= 11 is 0. The van der Waals surface area contributed by atoms with E-state index in [1.165, 1.54) is 97.0 Å². The van der Waals surface area contributed by atoms with Crippen LogP contribution in [0.3, 0.4) is 0 Å². The van der Waals surface area contributed by atoms with Gasteiger partial charge in [-0.1, -0.05) is 84.9 Å². The first kappa shape index (κ1) is 20.7. The van der Waals surface area contributed by atoms with E-state index in [9.17, 15) is 0 Å². The van der Waals surface area contributed by atoms with E-state index >= 15 is 0 Å². The number of fused-ring (bicyclic) bond motifs is 10. The molecule has 0 spiro atoms. The van der Waals surface area contributed by atoms with Gasteiger partial charge < -0.3 is 0 Å². The molecule has 10 aromatic rings. The highest BCUT2D eigenvalue weighted by Gasteiger charge is 2.18. The molecule has 0 fully saturated rings. The summed E-state index contributed by atoms with van der Waals surface area (Å²) in [4.78, 5) is 0. The van der Waals surface area contributed by atoms with Gasteiger partial charge in [0.15, 0.2) is 0 Å². The van der Waals surface area contributed by atoms with Gasteiger partial charge in [0.2, 0.25) is 0 Å². The van der Waals surface area contributed by atoms with E-state index in [-0.39, 0.29) is 0 Å². The summed E-state index contributed by atoms with van der Waals surface area (Å²) in [5, 5.41) is 23.8. The van der Waals surface area contributed by atoms with Crippen molar-refractivity contribution < 1.29 is 0 Å². The lowest BCUT2D eigenvalue weighted by Gasteiger charge is -2.18. The van der Waals surface area contributed by atoms with Gasteiger partial charge in [-0.3, -0.25) is 0 Å². The minimum atomic E-state index is 1.29. The molecule has 0 aromatic heterocycles. The molecule has 0 heterocycles. The highest BCUT2D eigenvalue weighted by Crippen LogP contribution is 2.46. The van der Waals surface area contributed by atoms with Gasteiger partial charge in [0.25, 0.3) is 0 Å². The Morgan fingerprint density at radius 3 is 0.750 bits per heavy atom. The molecular formula is C40H22. The summed E-state index contributed by atoms with van der Waals surface area (Å²) in [6.07, 6.45) is 0.